The van der Waals surface area contributed by atoms with Crippen LogP contribution in [0.2, 0.25) is 0 Å². The second kappa shape index (κ2) is 8.25. The molecule has 0 radical (unpaired) electrons. The minimum atomic E-state index is -0.507. The van der Waals surface area contributed by atoms with Crippen LogP contribution in [0.1, 0.15) is 34.6 Å². The van der Waals surface area contributed by atoms with Gasteiger partial charge in [-0.3, -0.25) is 14.9 Å². The normalized spacial score (nSPS) is 10.2. The van der Waals surface area contributed by atoms with Crippen molar-refractivity contribution in [3.8, 4) is 5.75 Å². The molecule has 0 atom stereocenters. The lowest BCUT2D eigenvalue weighted by molar-refractivity contribution is 0.0975. The molecule has 0 aliphatic heterocycles. The quantitative estimate of drug-likeness (QED) is 0.716. The third kappa shape index (κ3) is 5.58. The smallest absolute Gasteiger partial charge is 0.257 e. The Hall–Kier alpha value is -2.93. The van der Waals surface area contributed by atoms with Gasteiger partial charge in [-0.2, -0.15) is 0 Å². The number of primary amides is 1. The van der Waals surface area contributed by atoms with E-state index < -0.39 is 5.91 Å². The number of nitrogens with two attached hydrogens (primary N) is 1. The van der Waals surface area contributed by atoms with Crippen molar-refractivity contribution in [1.82, 2.24) is 5.32 Å². The zero-order chi connectivity index (χ0) is 18.4. The summed E-state index contributed by atoms with van der Waals surface area (Å²) in [5.41, 5.74) is 6.67. The Bertz CT molecular complexity index is 771. The summed E-state index contributed by atoms with van der Waals surface area (Å²) in [4.78, 5) is 23.2. The molecule has 2 amide bonds. The third-order valence-corrected chi connectivity index (χ3v) is 3.35. The Morgan fingerprint density at radius 1 is 1.00 bits per heavy atom. The van der Waals surface area contributed by atoms with Gasteiger partial charge >= 0.3 is 0 Å². The molecule has 4 N–H and O–H groups in total. The Kier molecular flexibility index (Phi) is 6.08. The highest BCUT2D eigenvalue weighted by molar-refractivity contribution is 7.80. The Morgan fingerprint density at radius 3 is 2.08 bits per heavy atom. The molecule has 0 bridgehead atoms. The molecule has 0 spiro atoms. The summed E-state index contributed by atoms with van der Waals surface area (Å²) in [6.07, 6.45) is 0.0670. The number of hydrogen-bond donors (Lipinski definition) is 3. The van der Waals surface area contributed by atoms with E-state index in [1.165, 1.54) is 0 Å². The molecule has 0 fully saturated rings. The fraction of sp³-hybridized carbons (Fsp3) is 0.167. The number of anilines is 1. The molecular formula is C18H19N3O3S. The molecule has 0 aliphatic rings. The van der Waals surface area contributed by atoms with Crippen LogP contribution in [0, 0.1) is 0 Å². The highest BCUT2D eigenvalue weighted by Gasteiger charge is 2.09. The van der Waals surface area contributed by atoms with Crippen molar-refractivity contribution < 1.29 is 14.3 Å². The Balaban J connectivity index is 1.93. The van der Waals surface area contributed by atoms with Gasteiger partial charge in [-0.25, -0.2) is 0 Å². The molecule has 0 aliphatic carbocycles. The number of rotatable bonds is 5. The molecule has 0 unspecified atom stereocenters. The van der Waals surface area contributed by atoms with E-state index in [-0.39, 0.29) is 17.1 Å². The number of amides is 2. The summed E-state index contributed by atoms with van der Waals surface area (Å²) in [5.74, 6) is -0.142. The number of thiocarbonyl (C=S) groups is 1. The van der Waals surface area contributed by atoms with Gasteiger partial charge in [-0.05, 0) is 74.6 Å². The predicted molar refractivity (Wildman–Crippen MR) is 101 cm³/mol. The van der Waals surface area contributed by atoms with Gasteiger partial charge in [0.05, 0.1) is 6.10 Å². The van der Waals surface area contributed by atoms with Crippen molar-refractivity contribution in [3.63, 3.8) is 0 Å². The van der Waals surface area contributed by atoms with E-state index in [9.17, 15) is 9.59 Å². The van der Waals surface area contributed by atoms with Gasteiger partial charge in [0.2, 0.25) is 5.91 Å². The molecule has 7 heteroatoms. The molecule has 0 saturated carbocycles. The number of carbonyl (C=O) groups is 2. The van der Waals surface area contributed by atoms with Crippen molar-refractivity contribution in [1.29, 1.82) is 0 Å². The van der Waals surface area contributed by atoms with Crippen molar-refractivity contribution >= 4 is 34.8 Å². The van der Waals surface area contributed by atoms with E-state index in [1.807, 2.05) is 13.8 Å². The summed E-state index contributed by atoms with van der Waals surface area (Å²) in [6, 6.07) is 13.2. The second-order valence-electron chi connectivity index (χ2n) is 5.54. The number of ether oxygens (including phenoxy) is 1. The fourth-order valence-corrected chi connectivity index (χ4v) is 2.22. The van der Waals surface area contributed by atoms with Crippen molar-refractivity contribution in [2.75, 3.05) is 5.32 Å². The lowest BCUT2D eigenvalue weighted by atomic mass is 10.2. The van der Waals surface area contributed by atoms with Gasteiger partial charge in [-0.1, -0.05) is 0 Å². The Morgan fingerprint density at radius 2 is 1.56 bits per heavy atom. The van der Waals surface area contributed by atoms with E-state index in [2.05, 4.69) is 10.6 Å². The van der Waals surface area contributed by atoms with E-state index in [4.69, 9.17) is 22.7 Å². The molecular weight excluding hydrogens is 338 g/mol. The molecule has 0 heterocycles. The summed E-state index contributed by atoms with van der Waals surface area (Å²) in [5, 5.41) is 5.61. The maximum absolute atomic E-state index is 12.2. The minimum Gasteiger partial charge on any atom is -0.491 e. The summed E-state index contributed by atoms with van der Waals surface area (Å²) in [6.45, 7) is 3.86. The monoisotopic (exact) mass is 357 g/mol. The van der Waals surface area contributed by atoms with Gasteiger partial charge in [0.1, 0.15) is 5.75 Å². The molecule has 0 saturated heterocycles. The number of nitrogens with one attached hydrogen (secondary N) is 2. The van der Waals surface area contributed by atoms with Crippen LogP contribution in [0.4, 0.5) is 5.69 Å². The van der Waals surface area contributed by atoms with Gasteiger partial charge in [0.25, 0.3) is 5.91 Å². The zero-order valence-corrected chi connectivity index (χ0v) is 14.7. The second-order valence-corrected chi connectivity index (χ2v) is 5.95. The van der Waals surface area contributed by atoms with Crippen LogP contribution in [0.25, 0.3) is 0 Å². The maximum atomic E-state index is 12.2. The zero-order valence-electron chi connectivity index (χ0n) is 13.9. The first-order valence-electron chi connectivity index (χ1n) is 7.64. The van der Waals surface area contributed by atoms with Gasteiger partial charge in [0, 0.05) is 16.8 Å². The summed E-state index contributed by atoms with van der Waals surface area (Å²) >= 11 is 5.12. The first kappa shape index (κ1) is 18.4. The molecule has 130 valence electrons. The lowest BCUT2D eigenvalue weighted by Crippen LogP contribution is -2.34. The van der Waals surface area contributed by atoms with E-state index in [0.29, 0.717) is 22.6 Å². The summed E-state index contributed by atoms with van der Waals surface area (Å²) in [7, 11) is 0. The predicted octanol–water partition coefficient (Wildman–Crippen LogP) is 2.70. The van der Waals surface area contributed by atoms with Crippen molar-refractivity contribution in [3.05, 3.63) is 59.7 Å². The highest BCUT2D eigenvalue weighted by Crippen LogP contribution is 2.14. The van der Waals surface area contributed by atoms with Crippen LogP contribution < -0.4 is 21.1 Å². The van der Waals surface area contributed by atoms with Crippen molar-refractivity contribution in [2.24, 2.45) is 5.73 Å². The first-order chi connectivity index (χ1) is 11.8. The van der Waals surface area contributed by atoms with Crippen LogP contribution >= 0.6 is 12.2 Å². The van der Waals surface area contributed by atoms with Crippen LogP contribution in [-0.2, 0) is 0 Å². The fourth-order valence-electron chi connectivity index (χ4n) is 2.01. The topological polar surface area (TPSA) is 93.4 Å². The van der Waals surface area contributed by atoms with E-state index >= 15 is 0 Å². The van der Waals surface area contributed by atoms with E-state index in [0.717, 1.165) is 0 Å². The maximum Gasteiger partial charge on any atom is 0.257 e. The number of benzene rings is 2. The number of hydrogen-bond acceptors (Lipinski definition) is 4. The lowest BCUT2D eigenvalue weighted by Gasteiger charge is -2.11. The van der Waals surface area contributed by atoms with Gasteiger partial charge in [0.15, 0.2) is 5.11 Å². The molecule has 2 aromatic rings. The minimum absolute atomic E-state index is 0.0670. The standard InChI is InChI=1S/C18H19N3O3S/c1-11(2)24-15-9-5-13(6-10-15)17(23)21-18(25)20-14-7-3-12(4-8-14)16(19)22/h3-11H,1-2H3,(H2,19,22)(H2,20,21,23,25). The molecule has 2 aromatic carbocycles. The Labute approximate surface area is 151 Å². The average Bonchev–Trinajstić information content (AvgIpc) is 2.55. The van der Waals surface area contributed by atoms with Gasteiger partial charge in [-0.15, -0.1) is 0 Å². The van der Waals surface area contributed by atoms with Crippen LogP contribution in [0.5, 0.6) is 5.75 Å². The highest BCUT2D eigenvalue weighted by atomic mass is 32.1. The third-order valence-electron chi connectivity index (χ3n) is 3.14. The van der Waals surface area contributed by atoms with Crippen LogP contribution in [-0.4, -0.2) is 23.0 Å². The molecule has 25 heavy (non-hydrogen) atoms. The van der Waals surface area contributed by atoms with E-state index in [1.54, 1.807) is 48.5 Å². The molecule has 0 aromatic heterocycles. The summed E-state index contributed by atoms with van der Waals surface area (Å²) < 4.78 is 5.53. The SMILES string of the molecule is CC(C)Oc1ccc(C(=O)NC(=S)Nc2ccc(C(N)=O)cc2)cc1. The molecule has 2 rings (SSSR count). The molecule has 6 nitrogen and oxygen atoms in total. The average molecular weight is 357 g/mol. The van der Waals surface area contributed by atoms with Crippen molar-refractivity contribution in [2.45, 2.75) is 20.0 Å². The number of carbonyl (C=O) groups excluding carboxylic acids is 2. The van der Waals surface area contributed by atoms with Crippen LogP contribution in [0.3, 0.4) is 0 Å². The van der Waals surface area contributed by atoms with Gasteiger partial charge < -0.3 is 15.8 Å². The first-order valence-corrected chi connectivity index (χ1v) is 8.05. The largest absolute Gasteiger partial charge is 0.491 e. The van der Waals surface area contributed by atoms with Crippen LogP contribution in [0.15, 0.2) is 48.5 Å².